The Morgan fingerprint density at radius 3 is 2.94 bits per heavy atom. The molecule has 5 nitrogen and oxygen atoms in total. The summed E-state index contributed by atoms with van der Waals surface area (Å²) < 4.78 is 5.50. The van der Waals surface area contributed by atoms with Crippen molar-refractivity contribution in [2.45, 2.75) is 18.9 Å². The van der Waals surface area contributed by atoms with Gasteiger partial charge in [0, 0.05) is 7.05 Å². The minimum atomic E-state index is -0.337. The third-order valence-corrected chi connectivity index (χ3v) is 2.30. The Balaban J connectivity index is 2.29. The van der Waals surface area contributed by atoms with E-state index in [1.807, 2.05) is 0 Å². The molecule has 0 radical (unpaired) electrons. The molecule has 1 aliphatic carbocycles. The van der Waals surface area contributed by atoms with E-state index in [2.05, 4.69) is 10.3 Å². The molecule has 1 heterocycles. The molecule has 1 aliphatic rings. The van der Waals surface area contributed by atoms with Crippen LogP contribution in [-0.2, 0) is 0 Å². The van der Waals surface area contributed by atoms with Crippen molar-refractivity contribution in [1.82, 2.24) is 10.3 Å². The van der Waals surface area contributed by atoms with Crippen LogP contribution in [0.15, 0.2) is 12.3 Å². The maximum atomic E-state index is 11.5. The van der Waals surface area contributed by atoms with Gasteiger partial charge in [0.25, 0.3) is 5.91 Å². The fraction of sp³-hybridized carbons (Fsp3) is 0.364. The SMILES string of the molecule is CNC(=O)c1cc(OC2CC2)cnc1C=O. The highest BCUT2D eigenvalue weighted by molar-refractivity contribution is 6.00. The van der Waals surface area contributed by atoms with E-state index in [1.165, 1.54) is 13.2 Å². The van der Waals surface area contributed by atoms with Gasteiger partial charge in [0.2, 0.25) is 0 Å². The van der Waals surface area contributed by atoms with E-state index in [9.17, 15) is 9.59 Å². The highest BCUT2D eigenvalue weighted by Gasteiger charge is 2.24. The number of pyridine rings is 1. The van der Waals surface area contributed by atoms with E-state index in [1.54, 1.807) is 6.07 Å². The third-order valence-electron chi connectivity index (χ3n) is 2.30. The van der Waals surface area contributed by atoms with E-state index >= 15 is 0 Å². The average Bonchev–Trinajstić information content (AvgIpc) is 3.12. The van der Waals surface area contributed by atoms with E-state index in [0.717, 1.165) is 12.8 Å². The Kier molecular flexibility index (Phi) is 2.85. The van der Waals surface area contributed by atoms with Crippen LogP contribution in [0.3, 0.4) is 0 Å². The van der Waals surface area contributed by atoms with Crippen LogP contribution in [-0.4, -0.2) is 30.3 Å². The van der Waals surface area contributed by atoms with Gasteiger partial charge in [0.05, 0.1) is 17.9 Å². The van der Waals surface area contributed by atoms with Gasteiger partial charge in [-0.3, -0.25) is 9.59 Å². The van der Waals surface area contributed by atoms with Gasteiger partial charge in [-0.15, -0.1) is 0 Å². The fourth-order valence-electron chi connectivity index (χ4n) is 1.31. The molecule has 1 fully saturated rings. The van der Waals surface area contributed by atoms with E-state index in [0.29, 0.717) is 12.0 Å². The molecule has 1 N–H and O–H groups in total. The molecule has 2 rings (SSSR count). The molecule has 0 spiro atoms. The monoisotopic (exact) mass is 220 g/mol. The number of aromatic nitrogens is 1. The first-order valence-electron chi connectivity index (χ1n) is 5.08. The molecule has 1 amide bonds. The minimum absolute atomic E-state index is 0.127. The number of hydrogen-bond donors (Lipinski definition) is 1. The number of ether oxygens (including phenoxy) is 1. The maximum Gasteiger partial charge on any atom is 0.253 e. The second-order valence-electron chi connectivity index (χ2n) is 3.62. The van der Waals surface area contributed by atoms with Gasteiger partial charge < -0.3 is 10.1 Å². The molecule has 16 heavy (non-hydrogen) atoms. The number of nitrogens with one attached hydrogen (secondary N) is 1. The summed E-state index contributed by atoms with van der Waals surface area (Å²) in [5, 5.41) is 2.46. The molecule has 1 aromatic rings. The largest absolute Gasteiger partial charge is 0.489 e. The molecule has 5 heteroatoms. The van der Waals surface area contributed by atoms with Gasteiger partial charge in [0.1, 0.15) is 11.4 Å². The Bertz CT molecular complexity index is 427. The maximum absolute atomic E-state index is 11.5. The molecule has 1 aromatic heterocycles. The quantitative estimate of drug-likeness (QED) is 0.762. The van der Waals surface area contributed by atoms with Gasteiger partial charge in [-0.25, -0.2) is 4.98 Å². The van der Waals surface area contributed by atoms with Crippen LogP contribution in [0.1, 0.15) is 33.7 Å². The standard InChI is InChI=1S/C11H12N2O3/c1-12-11(15)9-4-8(16-7-2-3-7)5-13-10(9)6-14/h4-7H,2-3H2,1H3,(H,12,15). The zero-order valence-corrected chi connectivity index (χ0v) is 8.90. The third kappa shape index (κ3) is 2.18. The number of carbonyl (C=O) groups is 2. The van der Waals surface area contributed by atoms with Crippen molar-refractivity contribution >= 4 is 12.2 Å². The van der Waals surface area contributed by atoms with Crippen LogP contribution < -0.4 is 10.1 Å². The molecule has 0 aromatic carbocycles. The van der Waals surface area contributed by atoms with Crippen molar-refractivity contribution in [3.05, 3.63) is 23.5 Å². The molecule has 0 saturated heterocycles. The first-order chi connectivity index (χ1) is 7.74. The van der Waals surface area contributed by atoms with Gasteiger partial charge in [0.15, 0.2) is 6.29 Å². The van der Waals surface area contributed by atoms with Gasteiger partial charge in [-0.1, -0.05) is 0 Å². The summed E-state index contributed by atoms with van der Waals surface area (Å²) in [6.07, 6.45) is 4.33. The molecule has 0 unspecified atom stereocenters. The second-order valence-corrected chi connectivity index (χ2v) is 3.62. The molecular weight excluding hydrogens is 208 g/mol. The number of carbonyl (C=O) groups excluding carboxylic acids is 2. The highest BCUT2D eigenvalue weighted by Crippen LogP contribution is 2.27. The summed E-state index contributed by atoms with van der Waals surface area (Å²) >= 11 is 0. The number of hydrogen-bond acceptors (Lipinski definition) is 4. The zero-order chi connectivity index (χ0) is 11.5. The van der Waals surface area contributed by atoms with E-state index < -0.39 is 0 Å². The summed E-state index contributed by atoms with van der Waals surface area (Å²) in [5.74, 6) is 0.197. The molecule has 1 saturated carbocycles. The zero-order valence-electron chi connectivity index (χ0n) is 8.90. The number of rotatable bonds is 4. The Morgan fingerprint density at radius 2 is 2.38 bits per heavy atom. The minimum Gasteiger partial charge on any atom is -0.489 e. The molecule has 0 bridgehead atoms. The second kappa shape index (κ2) is 4.30. The van der Waals surface area contributed by atoms with Crippen LogP contribution >= 0.6 is 0 Å². The van der Waals surface area contributed by atoms with Crippen molar-refractivity contribution < 1.29 is 14.3 Å². The normalized spacial score (nSPS) is 14.3. The molecular formula is C11H12N2O3. The lowest BCUT2D eigenvalue weighted by Gasteiger charge is -2.07. The van der Waals surface area contributed by atoms with Crippen molar-refractivity contribution in [3.63, 3.8) is 0 Å². The van der Waals surface area contributed by atoms with Crippen molar-refractivity contribution in [2.24, 2.45) is 0 Å². The molecule has 0 atom stereocenters. The fourth-order valence-corrected chi connectivity index (χ4v) is 1.31. The van der Waals surface area contributed by atoms with Crippen molar-refractivity contribution in [2.75, 3.05) is 7.05 Å². The van der Waals surface area contributed by atoms with Gasteiger partial charge in [-0.05, 0) is 18.9 Å². The first-order valence-corrected chi connectivity index (χ1v) is 5.08. The van der Waals surface area contributed by atoms with E-state index in [-0.39, 0.29) is 23.3 Å². The lowest BCUT2D eigenvalue weighted by Crippen LogP contribution is -2.20. The van der Waals surface area contributed by atoms with Crippen LogP contribution in [0, 0.1) is 0 Å². The average molecular weight is 220 g/mol. The predicted octanol–water partition coefficient (Wildman–Crippen LogP) is 0.795. The van der Waals surface area contributed by atoms with Crippen LogP contribution in [0.4, 0.5) is 0 Å². The van der Waals surface area contributed by atoms with Gasteiger partial charge in [-0.2, -0.15) is 0 Å². The van der Waals surface area contributed by atoms with Crippen molar-refractivity contribution in [3.8, 4) is 5.75 Å². The highest BCUT2D eigenvalue weighted by atomic mass is 16.5. The molecule has 0 aliphatic heterocycles. The topological polar surface area (TPSA) is 68.3 Å². The summed E-state index contributed by atoms with van der Waals surface area (Å²) in [7, 11) is 1.51. The van der Waals surface area contributed by atoms with Crippen molar-refractivity contribution in [1.29, 1.82) is 0 Å². The summed E-state index contributed by atoms with van der Waals surface area (Å²) in [6, 6.07) is 1.55. The Morgan fingerprint density at radius 1 is 1.62 bits per heavy atom. The number of amides is 1. The first kappa shape index (κ1) is 10.6. The van der Waals surface area contributed by atoms with E-state index in [4.69, 9.17) is 4.74 Å². The van der Waals surface area contributed by atoms with Crippen LogP contribution in [0.2, 0.25) is 0 Å². The Labute approximate surface area is 92.8 Å². The number of nitrogens with zero attached hydrogens (tertiary/aromatic N) is 1. The van der Waals surface area contributed by atoms with Crippen LogP contribution in [0.25, 0.3) is 0 Å². The summed E-state index contributed by atoms with van der Waals surface area (Å²) in [5.41, 5.74) is 0.373. The van der Waals surface area contributed by atoms with Crippen LogP contribution in [0.5, 0.6) is 5.75 Å². The Hall–Kier alpha value is -1.91. The summed E-state index contributed by atoms with van der Waals surface area (Å²) in [4.78, 5) is 26.1. The summed E-state index contributed by atoms with van der Waals surface area (Å²) in [6.45, 7) is 0. The lowest BCUT2D eigenvalue weighted by atomic mass is 10.2. The van der Waals surface area contributed by atoms with Gasteiger partial charge >= 0.3 is 0 Å². The number of aldehydes is 1. The predicted molar refractivity (Wildman–Crippen MR) is 56.7 cm³/mol. The smallest absolute Gasteiger partial charge is 0.253 e. The lowest BCUT2D eigenvalue weighted by molar-refractivity contribution is 0.0955. The molecule has 84 valence electrons.